The van der Waals surface area contributed by atoms with E-state index >= 15 is 0 Å². The summed E-state index contributed by atoms with van der Waals surface area (Å²) in [5, 5.41) is 2.70. The van der Waals surface area contributed by atoms with Gasteiger partial charge in [0.05, 0.1) is 11.4 Å². The number of hydrogen-bond donors (Lipinski definition) is 1. The molecule has 7 nitrogen and oxygen atoms in total. The maximum Gasteiger partial charge on any atom is 0.261 e. The summed E-state index contributed by atoms with van der Waals surface area (Å²) in [7, 11) is -3.45. The summed E-state index contributed by atoms with van der Waals surface area (Å²) in [6.07, 6.45) is 1.34. The summed E-state index contributed by atoms with van der Waals surface area (Å²) < 4.78 is 51.3. The Kier molecular flexibility index (Phi) is 7.86. The highest BCUT2D eigenvalue weighted by Crippen LogP contribution is 2.23. The number of carbonyl (C=O) groups excluding carboxylic acids is 1. The lowest BCUT2D eigenvalue weighted by Crippen LogP contribution is -2.39. The molecule has 1 heterocycles. The van der Waals surface area contributed by atoms with Crippen LogP contribution in [0.4, 0.5) is 4.39 Å². The van der Waals surface area contributed by atoms with Gasteiger partial charge in [0.1, 0.15) is 12.4 Å². The second kappa shape index (κ2) is 10.6. The molecular formula is C22H27FN2O5S. The smallest absolute Gasteiger partial charge is 0.261 e. The zero-order valence-corrected chi connectivity index (χ0v) is 18.2. The van der Waals surface area contributed by atoms with Crippen LogP contribution < -0.4 is 14.8 Å². The van der Waals surface area contributed by atoms with Gasteiger partial charge < -0.3 is 14.8 Å². The Hall–Kier alpha value is -2.65. The fraction of sp³-hybridized carbons (Fsp3) is 0.409. The van der Waals surface area contributed by atoms with Crippen LogP contribution in [-0.4, -0.2) is 51.0 Å². The van der Waals surface area contributed by atoms with Gasteiger partial charge in [-0.2, -0.15) is 4.31 Å². The highest BCUT2D eigenvalue weighted by molar-refractivity contribution is 7.89. The van der Waals surface area contributed by atoms with Crippen LogP contribution in [0.3, 0.4) is 0 Å². The molecule has 1 fully saturated rings. The van der Waals surface area contributed by atoms with Gasteiger partial charge in [-0.1, -0.05) is 19.1 Å². The molecule has 31 heavy (non-hydrogen) atoms. The molecule has 0 spiro atoms. The Labute approximate surface area is 182 Å². The highest BCUT2D eigenvalue weighted by atomic mass is 32.2. The van der Waals surface area contributed by atoms with Crippen molar-refractivity contribution in [2.75, 3.05) is 26.2 Å². The van der Waals surface area contributed by atoms with Crippen LogP contribution in [0, 0.1) is 5.82 Å². The van der Waals surface area contributed by atoms with E-state index in [9.17, 15) is 17.6 Å². The molecule has 1 saturated heterocycles. The van der Waals surface area contributed by atoms with Gasteiger partial charge in [-0.3, -0.25) is 4.79 Å². The molecule has 1 aliphatic rings. The van der Waals surface area contributed by atoms with Crippen LogP contribution in [0.15, 0.2) is 53.4 Å². The average Bonchev–Trinajstić information content (AvgIpc) is 3.32. The van der Waals surface area contributed by atoms with Crippen molar-refractivity contribution in [1.29, 1.82) is 0 Å². The Balaban J connectivity index is 1.45. The summed E-state index contributed by atoms with van der Waals surface area (Å²) >= 11 is 0. The Morgan fingerprint density at radius 2 is 1.81 bits per heavy atom. The topological polar surface area (TPSA) is 84.9 Å². The SMILES string of the molecule is CC[C@H](Oc1ccccc1F)C(=O)NCCOc1ccc(S(=O)(=O)N2CCCC2)cc1. The molecule has 2 aromatic carbocycles. The van der Waals surface area contributed by atoms with Crippen LogP contribution >= 0.6 is 0 Å². The first-order valence-electron chi connectivity index (χ1n) is 10.3. The number of benzene rings is 2. The van der Waals surface area contributed by atoms with Gasteiger partial charge in [0.25, 0.3) is 5.91 Å². The third-order valence-corrected chi connectivity index (χ3v) is 6.88. The Bertz CT molecular complexity index is 976. The number of carbonyl (C=O) groups is 1. The minimum Gasteiger partial charge on any atom is -0.492 e. The number of halogens is 1. The first-order chi connectivity index (χ1) is 14.9. The largest absolute Gasteiger partial charge is 0.492 e. The number of para-hydroxylation sites is 1. The van der Waals surface area contributed by atoms with E-state index in [4.69, 9.17) is 9.47 Å². The summed E-state index contributed by atoms with van der Waals surface area (Å²) in [6.45, 7) is 3.31. The van der Waals surface area contributed by atoms with Crippen molar-refractivity contribution in [3.8, 4) is 11.5 Å². The van der Waals surface area contributed by atoms with Gasteiger partial charge >= 0.3 is 0 Å². The monoisotopic (exact) mass is 450 g/mol. The lowest BCUT2D eigenvalue weighted by Gasteiger charge is -2.18. The molecule has 0 aromatic heterocycles. The Morgan fingerprint density at radius 1 is 1.13 bits per heavy atom. The van der Waals surface area contributed by atoms with Gasteiger partial charge in [-0.05, 0) is 55.7 Å². The van der Waals surface area contributed by atoms with Crippen LogP contribution in [0.2, 0.25) is 0 Å². The molecule has 168 valence electrons. The third kappa shape index (κ3) is 5.95. The van der Waals surface area contributed by atoms with E-state index in [1.165, 1.54) is 28.6 Å². The number of rotatable bonds is 10. The van der Waals surface area contributed by atoms with Crippen LogP contribution in [0.1, 0.15) is 26.2 Å². The van der Waals surface area contributed by atoms with Gasteiger partial charge in [0, 0.05) is 13.1 Å². The predicted octanol–water partition coefficient (Wildman–Crippen LogP) is 2.96. The lowest BCUT2D eigenvalue weighted by molar-refractivity contribution is -0.128. The van der Waals surface area contributed by atoms with E-state index < -0.39 is 21.9 Å². The molecule has 1 N–H and O–H groups in total. The predicted molar refractivity (Wildman–Crippen MR) is 114 cm³/mol. The highest BCUT2D eigenvalue weighted by Gasteiger charge is 2.27. The van der Waals surface area contributed by atoms with Crippen LogP contribution in [-0.2, 0) is 14.8 Å². The molecule has 0 unspecified atom stereocenters. The van der Waals surface area contributed by atoms with Crippen LogP contribution in [0.5, 0.6) is 11.5 Å². The van der Waals surface area contributed by atoms with Crippen molar-refractivity contribution in [3.63, 3.8) is 0 Å². The maximum absolute atomic E-state index is 13.7. The minimum atomic E-state index is -3.45. The minimum absolute atomic E-state index is 0.0322. The molecule has 0 bridgehead atoms. The molecule has 1 atom stereocenters. The number of nitrogens with one attached hydrogen (secondary N) is 1. The molecule has 3 rings (SSSR count). The molecule has 0 radical (unpaired) electrons. The number of nitrogens with zero attached hydrogens (tertiary/aromatic N) is 1. The summed E-state index contributed by atoms with van der Waals surface area (Å²) in [4.78, 5) is 12.5. The van der Waals surface area contributed by atoms with Crippen molar-refractivity contribution in [3.05, 3.63) is 54.3 Å². The molecule has 0 saturated carbocycles. The quantitative estimate of drug-likeness (QED) is 0.563. The molecule has 9 heteroatoms. The molecule has 2 aromatic rings. The second-order valence-electron chi connectivity index (χ2n) is 7.17. The molecule has 0 aliphatic carbocycles. The second-order valence-corrected chi connectivity index (χ2v) is 9.11. The van der Waals surface area contributed by atoms with E-state index in [1.54, 1.807) is 31.2 Å². The van der Waals surface area contributed by atoms with Crippen molar-refractivity contribution in [2.24, 2.45) is 0 Å². The first-order valence-corrected chi connectivity index (χ1v) is 11.8. The number of ether oxygens (including phenoxy) is 2. The molecular weight excluding hydrogens is 423 g/mol. The van der Waals surface area contributed by atoms with Gasteiger partial charge in [0.15, 0.2) is 17.7 Å². The number of hydrogen-bond acceptors (Lipinski definition) is 5. The summed E-state index contributed by atoms with van der Waals surface area (Å²) in [5.41, 5.74) is 0. The van der Waals surface area contributed by atoms with Gasteiger partial charge in [-0.15, -0.1) is 0 Å². The van der Waals surface area contributed by atoms with Crippen molar-refractivity contribution in [1.82, 2.24) is 9.62 Å². The third-order valence-electron chi connectivity index (χ3n) is 4.97. The standard InChI is InChI=1S/C22H27FN2O5S/c1-2-20(30-21-8-4-3-7-19(21)23)22(26)24-13-16-29-17-9-11-18(12-10-17)31(27,28)25-14-5-6-15-25/h3-4,7-12,20H,2,5-6,13-16H2,1H3,(H,24,26)/t20-/m0/s1. The van der Waals surface area contributed by atoms with Crippen molar-refractivity contribution < 1.29 is 27.1 Å². The normalized spacial score (nSPS) is 15.4. The maximum atomic E-state index is 13.7. The summed E-state index contributed by atoms with van der Waals surface area (Å²) in [5.74, 6) is -0.345. The zero-order chi connectivity index (χ0) is 22.3. The van der Waals surface area contributed by atoms with Gasteiger partial charge in [0.2, 0.25) is 10.0 Å². The zero-order valence-electron chi connectivity index (χ0n) is 17.4. The first kappa shape index (κ1) is 23.0. The number of sulfonamides is 1. The van der Waals surface area contributed by atoms with E-state index in [-0.39, 0.29) is 29.7 Å². The van der Waals surface area contributed by atoms with E-state index in [1.807, 2.05) is 0 Å². The fourth-order valence-corrected chi connectivity index (χ4v) is 4.78. The van der Waals surface area contributed by atoms with E-state index in [0.717, 1.165) is 12.8 Å². The lowest BCUT2D eigenvalue weighted by atomic mass is 10.2. The fourth-order valence-electron chi connectivity index (χ4n) is 3.26. The van der Waals surface area contributed by atoms with Crippen molar-refractivity contribution in [2.45, 2.75) is 37.2 Å². The summed E-state index contributed by atoms with van der Waals surface area (Å²) in [6, 6.07) is 12.2. The number of amides is 1. The molecule has 1 aliphatic heterocycles. The molecule has 1 amide bonds. The van der Waals surface area contributed by atoms with Gasteiger partial charge in [-0.25, -0.2) is 12.8 Å². The van der Waals surface area contributed by atoms with Crippen molar-refractivity contribution >= 4 is 15.9 Å². The average molecular weight is 451 g/mol. The van der Waals surface area contributed by atoms with E-state index in [0.29, 0.717) is 25.3 Å². The van der Waals surface area contributed by atoms with E-state index in [2.05, 4.69) is 5.32 Å². The van der Waals surface area contributed by atoms with Crippen LogP contribution in [0.25, 0.3) is 0 Å². The Morgan fingerprint density at radius 3 is 2.45 bits per heavy atom.